The molecule has 2 atom stereocenters. The number of amides is 1. The fourth-order valence-electron chi connectivity index (χ4n) is 2.10. The number of hydrogen-bond acceptors (Lipinski definition) is 4. The van der Waals surface area contributed by atoms with Crippen molar-refractivity contribution in [2.24, 2.45) is 0 Å². The Bertz CT molecular complexity index is 469. The molecule has 1 fully saturated rings. The van der Waals surface area contributed by atoms with Crippen LogP contribution >= 0.6 is 0 Å². The second-order valence-corrected chi connectivity index (χ2v) is 5.21. The number of benzene rings is 1. The predicted molar refractivity (Wildman–Crippen MR) is 74.9 cm³/mol. The van der Waals surface area contributed by atoms with E-state index in [0.29, 0.717) is 13.2 Å². The van der Waals surface area contributed by atoms with Crippen molar-refractivity contribution < 1.29 is 19.4 Å². The number of carbonyl (C=O) groups is 1. The predicted octanol–water partition coefficient (Wildman–Crippen LogP) is 1.62. The highest BCUT2D eigenvalue weighted by molar-refractivity contribution is 5.97. The van der Waals surface area contributed by atoms with Gasteiger partial charge < -0.3 is 19.9 Å². The highest BCUT2D eigenvalue weighted by Crippen LogP contribution is 2.18. The molecule has 1 heterocycles. The molecule has 5 nitrogen and oxygen atoms in total. The van der Waals surface area contributed by atoms with Crippen LogP contribution in [0.3, 0.4) is 0 Å². The van der Waals surface area contributed by atoms with Gasteiger partial charge in [-0.3, -0.25) is 4.79 Å². The van der Waals surface area contributed by atoms with Crippen LogP contribution < -0.4 is 5.32 Å². The van der Waals surface area contributed by atoms with Gasteiger partial charge in [0.15, 0.2) is 0 Å². The second-order valence-electron chi connectivity index (χ2n) is 5.21. The fraction of sp³-hybridized carbons (Fsp3) is 0.533. The van der Waals surface area contributed by atoms with Crippen LogP contribution in [0.1, 0.15) is 29.3 Å². The van der Waals surface area contributed by atoms with Crippen molar-refractivity contribution in [3.05, 3.63) is 29.3 Å². The lowest BCUT2D eigenvalue weighted by atomic mass is 10.1. The molecule has 0 aromatic heterocycles. The first-order chi connectivity index (χ1) is 9.56. The summed E-state index contributed by atoms with van der Waals surface area (Å²) in [5, 5.41) is 12.6. The monoisotopic (exact) mass is 279 g/mol. The van der Waals surface area contributed by atoms with Gasteiger partial charge in [0.1, 0.15) is 5.75 Å². The summed E-state index contributed by atoms with van der Waals surface area (Å²) in [7, 11) is 0. The van der Waals surface area contributed by atoms with Crippen molar-refractivity contribution in [3.63, 3.8) is 0 Å². The van der Waals surface area contributed by atoms with Gasteiger partial charge in [-0.25, -0.2) is 0 Å². The van der Waals surface area contributed by atoms with E-state index in [1.807, 2.05) is 13.8 Å². The molecule has 20 heavy (non-hydrogen) atoms. The summed E-state index contributed by atoms with van der Waals surface area (Å²) in [6.07, 6.45) is 1.03. The van der Waals surface area contributed by atoms with Gasteiger partial charge in [0, 0.05) is 12.6 Å². The Morgan fingerprint density at radius 3 is 3.05 bits per heavy atom. The topological polar surface area (TPSA) is 67.8 Å². The van der Waals surface area contributed by atoms with Gasteiger partial charge >= 0.3 is 0 Å². The average molecular weight is 279 g/mol. The van der Waals surface area contributed by atoms with Crippen molar-refractivity contribution in [2.75, 3.05) is 19.8 Å². The zero-order valence-corrected chi connectivity index (χ0v) is 11.9. The van der Waals surface area contributed by atoms with Crippen molar-refractivity contribution >= 4 is 5.91 Å². The van der Waals surface area contributed by atoms with Gasteiger partial charge in [-0.15, -0.1) is 0 Å². The first-order valence-electron chi connectivity index (χ1n) is 6.86. The maximum Gasteiger partial charge on any atom is 0.255 e. The summed E-state index contributed by atoms with van der Waals surface area (Å²) in [4.78, 5) is 12.0. The van der Waals surface area contributed by atoms with Crippen molar-refractivity contribution in [1.82, 2.24) is 5.32 Å². The minimum atomic E-state index is -0.290. The van der Waals surface area contributed by atoms with Crippen molar-refractivity contribution in [2.45, 2.75) is 32.4 Å². The number of aryl methyl sites for hydroxylation is 1. The Morgan fingerprint density at radius 2 is 2.40 bits per heavy atom. The molecule has 1 aliphatic rings. The Morgan fingerprint density at radius 1 is 1.60 bits per heavy atom. The van der Waals surface area contributed by atoms with Crippen LogP contribution in [0.2, 0.25) is 0 Å². The summed E-state index contributed by atoms with van der Waals surface area (Å²) in [6.45, 7) is 5.54. The number of phenolic OH excluding ortho intramolecular Hbond substituents is 1. The third kappa shape index (κ3) is 3.95. The van der Waals surface area contributed by atoms with E-state index in [1.165, 1.54) is 0 Å². The molecule has 2 rings (SSSR count). The molecule has 1 aromatic carbocycles. The fourth-order valence-corrected chi connectivity index (χ4v) is 2.10. The zero-order chi connectivity index (χ0) is 14.5. The van der Waals surface area contributed by atoms with Crippen LogP contribution in [0, 0.1) is 6.92 Å². The van der Waals surface area contributed by atoms with Crippen molar-refractivity contribution in [3.8, 4) is 5.75 Å². The van der Waals surface area contributed by atoms with Gasteiger partial charge in [-0.05, 0) is 38.0 Å². The molecule has 110 valence electrons. The molecule has 0 unspecified atom stereocenters. The highest BCUT2D eigenvalue weighted by atomic mass is 16.5. The number of aromatic hydroxyl groups is 1. The van der Waals surface area contributed by atoms with Crippen molar-refractivity contribution in [1.29, 1.82) is 0 Å². The molecule has 0 saturated carbocycles. The minimum Gasteiger partial charge on any atom is -0.507 e. The summed E-state index contributed by atoms with van der Waals surface area (Å²) >= 11 is 0. The Hall–Kier alpha value is -1.59. The molecule has 0 bridgehead atoms. The van der Waals surface area contributed by atoms with E-state index in [2.05, 4.69) is 5.32 Å². The molecule has 0 aliphatic carbocycles. The molecule has 0 radical (unpaired) electrons. The molecule has 1 aromatic rings. The zero-order valence-electron chi connectivity index (χ0n) is 11.9. The summed E-state index contributed by atoms with van der Waals surface area (Å²) in [5.74, 6) is -0.291. The third-order valence-electron chi connectivity index (χ3n) is 3.25. The van der Waals surface area contributed by atoms with E-state index in [0.717, 1.165) is 18.6 Å². The molecule has 0 spiro atoms. The van der Waals surface area contributed by atoms with E-state index in [9.17, 15) is 9.90 Å². The van der Waals surface area contributed by atoms with Crippen LogP contribution in [0.15, 0.2) is 18.2 Å². The summed E-state index contributed by atoms with van der Waals surface area (Å²) in [5.41, 5.74) is 1.20. The average Bonchev–Trinajstić information content (AvgIpc) is 2.89. The van der Waals surface area contributed by atoms with E-state index >= 15 is 0 Å². The SMILES string of the molecule is Cc1ccc(C(=O)N[C@@H](C)CO[C@@H]2CCOC2)c(O)c1. The van der Waals surface area contributed by atoms with Gasteiger partial charge in [0.2, 0.25) is 0 Å². The van der Waals surface area contributed by atoms with Gasteiger partial charge in [0.05, 0.1) is 24.9 Å². The standard InChI is InChI=1S/C15H21NO4/c1-10-3-4-13(14(17)7-10)15(18)16-11(2)8-20-12-5-6-19-9-12/h3-4,7,11-12,17H,5-6,8-9H2,1-2H3,(H,16,18)/t11-,12+/m0/s1. The van der Waals surface area contributed by atoms with Gasteiger partial charge in [-0.2, -0.15) is 0 Å². The van der Waals surface area contributed by atoms with E-state index in [-0.39, 0.29) is 29.4 Å². The van der Waals surface area contributed by atoms with Gasteiger partial charge in [0.25, 0.3) is 5.91 Å². The quantitative estimate of drug-likeness (QED) is 0.859. The molecule has 1 aliphatic heterocycles. The first-order valence-corrected chi connectivity index (χ1v) is 6.86. The molecular weight excluding hydrogens is 258 g/mol. The summed E-state index contributed by atoms with van der Waals surface area (Å²) in [6, 6.07) is 4.87. The van der Waals surface area contributed by atoms with E-state index < -0.39 is 0 Å². The number of ether oxygens (including phenoxy) is 2. The number of nitrogens with one attached hydrogen (secondary N) is 1. The van der Waals surface area contributed by atoms with E-state index in [1.54, 1.807) is 18.2 Å². The number of rotatable bonds is 5. The smallest absolute Gasteiger partial charge is 0.255 e. The van der Waals surface area contributed by atoms with Crippen LogP contribution in [-0.4, -0.2) is 43.0 Å². The number of hydrogen-bond donors (Lipinski definition) is 2. The number of phenols is 1. The summed E-state index contributed by atoms with van der Waals surface area (Å²) < 4.78 is 10.9. The number of carbonyl (C=O) groups excluding carboxylic acids is 1. The Balaban J connectivity index is 1.83. The lowest BCUT2D eigenvalue weighted by molar-refractivity contribution is 0.0318. The molecule has 1 saturated heterocycles. The lowest BCUT2D eigenvalue weighted by Gasteiger charge is -2.17. The highest BCUT2D eigenvalue weighted by Gasteiger charge is 2.18. The van der Waals surface area contributed by atoms with Crippen LogP contribution in [0.4, 0.5) is 0 Å². The first kappa shape index (κ1) is 14.8. The van der Waals surface area contributed by atoms with Crippen LogP contribution in [0.5, 0.6) is 5.75 Å². The molecule has 1 amide bonds. The molecule has 2 N–H and O–H groups in total. The normalized spacial score (nSPS) is 19.8. The van der Waals surface area contributed by atoms with Gasteiger partial charge in [-0.1, -0.05) is 6.07 Å². The second kappa shape index (κ2) is 6.72. The van der Waals surface area contributed by atoms with Crippen LogP contribution in [0.25, 0.3) is 0 Å². The molecular formula is C15H21NO4. The lowest BCUT2D eigenvalue weighted by Crippen LogP contribution is -2.37. The third-order valence-corrected chi connectivity index (χ3v) is 3.25. The van der Waals surface area contributed by atoms with E-state index in [4.69, 9.17) is 9.47 Å². The minimum absolute atomic E-state index is 0.000175. The maximum atomic E-state index is 12.0. The maximum absolute atomic E-state index is 12.0. The molecule has 5 heteroatoms. The largest absolute Gasteiger partial charge is 0.507 e. The Labute approximate surface area is 118 Å². The Kier molecular flexibility index (Phi) is 4.98. The van der Waals surface area contributed by atoms with Crippen LogP contribution in [-0.2, 0) is 9.47 Å².